The van der Waals surface area contributed by atoms with Gasteiger partial charge in [0, 0.05) is 18.0 Å². The van der Waals surface area contributed by atoms with Crippen LogP contribution >= 0.6 is 0 Å². The lowest BCUT2D eigenvalue weighted by Crippen LogP contribution is -2.18. The molecule has 26 heavy (non-hydrogen) atoms. The summed E-state index contributed by atoms with van der Waals surface area (Å²) in [6.45, 7) is 0. The molecule has 0 radical (unpaired) electrons. The second kappa shape index (κ2) is 7.26. The SMILES string of the molecule is O=C(NN=Cc1cc(O)ccc1O)c1cnc(-c2ccccn2)nc1O. The molecule has 0 saturated carbocycles. The minimum Gasteiger partial charge on any atom is -0.508 e. The van der Waals surface area contributed by atoms with E-state index in [1.165, 1.54) is 18.2 Å². The predicted octanol–water partition coefficient (Wildman–Crippen LogP) is 1.42. The van der Waals surface area contributed by atoms with Crippen molar-refractivity contribution in [1.29, 1.82) is 0 Å². The molecule has 0 aliphatic rings. The topological polar surface area (TPSA) is 141 Å². The largest absolute Gasteiger partial charge is 0.508 e. The summed E-state index contributed by atoms with van der Waals surface area (Å²) in [7, 11) is 0. The molecule has 0 atom stereocenters. The van der Waals surface area contributed by atoms with Crippen LogP contribution in [0.5, 0.6) is 17.4 Å². The summed E-state index contributed by atoms with van der Waals surface area (Å²) in [5, 5.41) is 32.6. The maximum atomic E-state index is 12.1. The summed E-state index contributed by atoms with van der Waals surface area (Å²) in [4.78, 5) is 24.0. The minimum absolute atomic E-state index is 0.0632. The van der Waals surface area contributed by atoms with Crippen molar-refractivity contribution in [2.24, 2.45) is 5.10 Å². The van der Waals surface area contributed by atoms with Gasteiger partial charge in [-0.25, -0.2) is 10.4 Å². The number of pyridine rings is 1. The van der Waals surface area contributed by atoms with Crippen LogP contribution in [-0.4, -0.2) is 42.4 Å². The number of amides is 1. The second-order valence-electron chi connectivity index (χ2n) is 5.09. The van der Waals surface area contributed by atoms with E-state index >= 15 is 0 Å². The van der Waals surface area contributed by atoms with Gasteiger partial charge in [0.1, 0.15) is 22.8 Å². The van der Waals surface area contributed by atoms with E-state index in [4.69, 9.17) is 0 Å². The van der Waals surface area contributed by atoms with E-state index in [0.717, 1.165) is 12.4 Å². The first kappa shape index (κ1) is 16.8. The maximum absolute atomic E-state index is 12.1. The van der Waals surface area contributed by atoms with Crippen LogP contribution in [0.15, 0.2) is 53.9 Å². The zero-order valence-electron chi connectivity index (χ0n) is 13.2. The monoisotopic (exact) mass is 351 g/mol. The lowest BCUT2D eigenvalue weighted by atomic mass is 10.2. The van der Waals surface area contributed by atoms with Crippen molar-refractivity contribution in [2.45, 2.75) is 0 Å². The Kier molecular flexibility index (Phi) is 4.70. The van der Waals surface area contributed by atoms with Gasteiger partial charge < -0.3 is 15.3 Å². The zero-order chi connectivity index (χ0) is 18.5. The summed E-state index contributed by atoms with van der Waals surface area (Å²) in [6, 6.07) is 9.01. The van der Waals surface area contributed by atoms with Crippen LogP contribution in [0.3, 0.4) is 0 Å². The Balaban J connectivity index is 1.74. The molecule has 0 spiro atoms. The van der Waals surface area contributed by atoms with Crippen molar-refractivity contribution in [1.82, 2.24) is 20.4 Å². The fraction of sp³-hybridized carbons (Fsp3) is 0. The Morgan fingerprint density at radius 1 is 1.12 bits per heavy atom. The van der Waals surface area contributed by atoms with Crippen molar-refractivity contribution in [3.05, 3.63) is 59.9 Å². The molecule has 0 aliphatic carbocycles. The Bertz CT molecular complexity index is 976. The van der Waals surface area contributed by atoms with Crippen LogP contribution in [0.2, 0.25) is 0 Å². The van der Waals surface area contributed by atoms with E-state index in [0.29, 0.717) is 5.69 Å². The molecule has 0 saturated heterocycles. The number of hydrazone groups is 1. The molecule has 0 unspecified atom stereocenters. The van der Waals surface area contributed by atoms with Crippen LogP contribution in [0.25, 0.3) is 11.5 Å². The number of carbonyl (C=O) groups is 1. The number of aromatic hydroxyl groups is 3. The van der Waals surface area contributed by atoms with Crippen molar-refractivity contribution in [3.63, 3.8) is 0 Å². The Hall–Kier alpha value is -4.01. The molecule has 1 aromatic carbocycles. The first-order chi connectivity index (χ1) is 12.5. The van der Waals surface area contributed by atoms with Crippen LogP contribution in [-0.2, 0) is 0 Å². The minimum atomic E-state index is -0.744. The highest BCUT2D eigenvalue weighted by atomic mass is 16.3. The van der Waals surface area contributed by atoms with Crippen molar-refractivity contribution >= 4 is 12.1 Å². The number of nitrogens with zero attached hydrogens (tertiary/aromatic N) is 4. The van der Waals surface area contributed by atoms with Gasteiger partial charge in [0.2, 0.25) is 5.88 Å². The van der Waals surface area contributed by atoms with Crippen LogP contribution in [0, 0.1) is 0 Å². The molecule has 9 nitrogen and oxygen atoms in total. The second-order valence-corrected chi connectivity index (χ2v) is 5.09. The average Bonchev–Trinajstić information content (AvgIpc) is 2.65. The normalized spacial score (nSPS) is 10.8. The number of benzene rings is 1. The Morgan fingerprint density at radius 3 is 2.69 bits per heavy atom. The van der Waals surface area contributed by atoms with Crippen molar-refractivity contribution in [3.8, 4) is 28.9 Å². The third-order valence-electron chi connectivity index (χ3n) is 3.29. The molecule has 130 valence electrons. The van der Waals surface area contributed by atoms with Crippen molar-refractivity contribution in [2.75, 3.05) is 0 Å². The van der Waals surface area contributed by atoms with Gasteiger partial charge in [-0.15, -0.1) is 0 Å². The quantitative estimate of drug-likeness (QED) is 0.316. The molecule has 3 rings (SSSR count). The molecule has 0 fully saturated rings. The number of carbonyl (C=O) groups excluding carboxylic acids is 1. The Labute approximate surface area is 147 Å². The highest BCUT2D eigenvalue weighted by Gasteiger charge is 2.15. The molecule has 3 aromatic rings. The van der Waals surface area contributed by atoms with Gasteiger partial charge in [0.25, 0.3) is 5.91 Å². The number of nitrogens with one attached hydrogen (secondary N) is 1. The van der Waals surface area contributed by atoms with Crippen LogP contribution in [0.4, 0.5) is 0 Å². The van der Waals surface area contributed by atoms with Gasteiger partial charge in [0.15, 0.2) is 5.82 Å². The molecule has 9 heteroatoms. The van der Waals surface area contributed by atoms with Crippen LogP contribution in [0.1, 0.15) is 15.9 Å². The van der Waals surface area contributed by atoms with Gasteiger partial charge in [-0.1, -0.05) is 6.07 Å². The Morgan fingerprint density at radius 2 is 1.96 bits per heavy atom. The number of aromatic nitrogens is 3. The number of hydrogen-bond acceptors (Lipinski definition) is 8. The molecule has 2 aromatic heterocycles. The summed E-state index contributed by atoms with van der Waals surface area (Å²) in [5.74, 6) is -1.27. The van der Waals surface area contributed by atoms with Gasteiger partial charge in [0.05, 0.1) is 6.21 Å². The molecule has 0 bridgehead atoms. The van der Waals surface area contributed by atoms with E-state index in [1.54, 1.807) is 24.4 Å². The fourth-order valence-electron chi connectivity index (χ4n) is 2.02. The number of phenolic OH excluding ortho intramolecular Hbond substituents is 2. The first-order valence-corrected chi connectivity index (χ1v) is 7.37. The highest BCUT2D eigenvalue weighted by molar-refractivity contribution is 5.96. The molecule has 1 amide bonds. The molecule has 2 heterocycles. The van der Waals surface area contributed by atoms with E-state index in [2.05, 4.69) is 25.5 Å². The molecular weight excluding hydrogens is 338 g/mol. The fourth-order valence-corrected chi connectivity index (χ4v) is 2.02. The predicted molar refractivity (Wildman–Crippen MR) is 91.8 cm³/mol. The zero-order valence-corrected chi connectivity index (χ0v) is 13.2. The van der Waals surface area contributed by atoms with Gasteiger partial charge in [-0.3, -0.25) is 9.78 Å². The van der Waals surface area contributed by atoms with E-state index in [9.17, 15) is 20.1 Å². The number of hydrogen-bond donors (Lipinski definition) is 4. The number of phenols is 2. The highest BCUT2D eigenvalue weighted by Crippen LogP contribution is 2.20. The lowest BCUT2D eigenvalue weighted by Gasteiger charge is -2.04. The smallest absolute Gasteiger partial charge is 0.278 e. The van der Waals surface area contributed by atoms with Crippen molar-refractivity contribution < 1.29 is 20.1 Å². The standard InChI is InChI=1S/C17H13N5O4/c23-11-4-5-14(24)10(7-11)8-20-22-17(26)12-9-19-15(21-16(12)25)13-3-1-2-6-18-13/h1-9,23-24H,(H,22,26)(H,19,21,25). The molecule has 0 aliphatic heterocycles. The number of rotatable bonds is 4. The third-order valence-corrected chi connectivity index (χ3v) is 3.29. The third kappa shape index (κ3) is 3.73. The lowest BCUT2D eigenvalue weighted by molar-refractivity contribution is 0.0951. The van der Waals surface area contributed by atoms with E-state index in [1.807, 2.05) is 0 Å². The van der Waals surface area contributed by atoms with Crippen LogP contribution < -0.4 is 5.43 Å². The van der Waals surface area contributed by atoms with Gasteiger partial charge in [-0.2, -0.15) is 10.1 Å². The van der Waals surface area contributed by atoms with E-state index < -0.39 is 11.8 Å². The summed E-state index contributed by atoms with van der Waals surface area (Å²) >= 11 is 0. The maximum Gasteiger partial charge on any atom is 0.278 e. The summed E-state index contributed by atoms with van der Waals surface area (Å²) < 4.78 is 0. The van der Waals surface area contributed by atoms with E-state index in [-0.39, 0.29) is 28.5 Å². The summed E-state index contributed by atoms with van der Waals surface area (Å²) in [6.07, 6.45) is 3.86. The van der Waals surface area contributed by atoms with Gasteiger partial charge in [-0.05, 0) is 30.3 Å². The first-order valence-electron chi connectivity index (χ1n) is 7.37. The van der Waals surface area contributed by atoms with Gasteiger partial charge >= 0.3 is 0 Å². The summed E-state index contributed by atoms with van der Waals surface area (Å²) in [5.41, 5.74) is 2.65. The molecule has 4 N–H and O–H groups in total. The molecular formula is C17H13N5O4. The average molecular weight is 351 g/mol.